The summed E-state index contributed by atoms with van der Waals surface area (Å²) in [5.41, 5.74) is 6.51. The average molecular weight is 273 g/mol. The molecule has 2 saturated heterocycles. The van der Waals surface area contributed by atoms with Crippen LogP contribution < -0.4 is 10.6 Å². The van der Waals surface area contributed by atoms with Crippen molar-refractivity contribution in [3.63, 3.8) is 0 Å². The van der Waals surface area contributed by atoms with Gasteiger partial charge in [0.15, 0.2) is 5.65 Å². The summed E-state index contributed by atoms with van der Waals surface area (Å²) in [5.74, 6) is 0.360. The molecule has 2 aromatic heterocycles. The van der Waals surface area contributed by atoms with Crippen LogP contribution in [0.3, 0.4) is 0 Å². The molecule has 1 spiro atoms. The maximum Gasteiger partial charge on any atom is 0.254 e. The monoisotopic (exact) mass is 273 g/mol. The number of hydrogen-bond donors (Lipinski definition) is 1. The van der Waals surface area contributed by atoms with E-state index in [1.54, 1.807) is 4.52 Å². The summed E-state index contributed by atoms with van der Waals surface area (Å²) in [7, 11) is 0. The van der Waals surface area contributed by atoms with Crippen molar-refractivity contribution in [2.75, 3.05) is 31.2 Å². The van der Waals surface area contributed by atoms with E-state index in [2.05, 4.69) is 15.0 Å². The van der Waals surface area contributed by atoms with E-state index in [1.165, 1.54) is 6.20 Å². The van der Waals surface area contributed by atoms with E-state index in [1.807, 2.05) is 12.3 Å². The van der Waals surface area contributed by atoms with Crippen molar-refractivity contribution in [2.45, 2.75) is 6.42 Å². The molecule has 2 aromatic rings. The van der Waals surface area contributed by atoms with E-state index >= 15 is 0 Å². The Morgan fingerprint density at radius 2 is 2.30 bits per heavy atom. The Morgan fingerprint density at radius 3 is 2.95 bits per heavy atom. The van der Waals surface area contributed by atoms with E-state index < -0.39 is 5.91 Å². The first kappa shape index (κ1) is 11.7. The number of carbonyl (C=O) groups is 1. The molecule has 4 heterocycles. The molecule has 0 radical (unpaired) electrons. The molecule has 2 N–H and O–H groups in total. The lowest BCUT2D eigenvalue weighted by Gasteiger charge is -2.37. The standard InChI is InChI=1S/C13H15N5O2/c14-11(19)9-5-15-18-3-1-10(16-12(9)18)17-4-2-13(6-17)7-20-8-13/h1,3,5H,2,4,6-8H2,(H2,14,19). The van der Waals surface area contributed by atoms with Gasteiger partial charge in [0, 0.05) is 24.7 Å². The SMILES string of the molecule is NC(=O)c1cnn2ccc(N3CCC4(COC4)C3)nc12. The molecule has 2 aliphatic heterocycles. The molecule has 0 atom stereocenters. The third-order valence-corrected chi connectivity index (χ3v) is 4.20. The van der Waals surface area contributed by atoms with Crippen molar-refractivity contribution in [1.29, 1.82) is 0 Å². The molecule has 7 nitrogen and oxygen atoms in total. The fourth-order valence-electron chi connectivity index (χ4n) is 2.97. The van der Waals surface area contributed by atoms with Gasteiger partial charge in [-0.05, 0) is 12.5 Å². The fourth-order valence-corrected chi connectivity index (χ4v) is 2.97. The molecule has 4 rings (SSSR count). The van der Waals surface area contributed by atoms with Gasteiger partial charge in [-0.1, -0.05) is 0 Å². The Bertz CT molecular complexity index is 691. The number of aromatic nitrogens is 3. The Hall–Kier alpha value is -2.15. The number of hydrogen-bond acceptors (Lipinski definition) is 5. The highest BCUT2D eigenvalue weighted by molar-refractivity contribution is 5.98. The highest BCUT2D eigenvalue weighted by Crippen LogP contribution is 2.38. The number of primary amides is 1. The second-order valence-corrected chi connectivity index (χ2v) is 5.64. The lowest BCUT2D eigenvalue weighted by atomic mass is 9.85. The van der Waals surface area contributed by atoms with Crippen molar-refractivity contribution in [3.05, 3.63) is 24.0 Å². The highest BCUT2D eigenvalue weighted by atomic mass is 16.5. The second kappa shape index (κ2) is 3.92. The van der Waals surface area contributed by atoms with E-state index in [0.717, 1.165) is 38.5 Å². The van der Waals surface area contributed by atoms with Gasteiger partial charge >= 0.3 is 0 Å². The van der Waals surface area contributed by atoms with E-state index in [9.17, 15) is 4.79 Å². The van der Waals surface area contributed by atoms with Gasteiger partial charge in [0.05, 0.1) is 19.4 Å². The van der Waals surface area contributed by atoms with Gasteiger partial charge in [0.1, 0.15) is 11.4 Å². The van der Waals surface area contributed by atoms with Crippen LogP contribution in [0.1, 0.15) is 16.8 Å². The number of nitrogens with zero attached hydrogens (tertiary/aromatic N) is 4. The van der Waals surface area contributed by atoms with Gasteiger partial charge in [-0.2, -0.15) is 5.10 Å². The predicted octanol–water partition coefficient (Wildman–Crippen LogP) is 0.0549. The Kier molecular flexibility index (Phi) is 2.29. The van der Waals surface area contributed by atoms with Crippen LogP contribution in [0, 0.1) is 5.41 Å². The molecule has 2 aliphatic rings. The zero-order valence-corrected chi connectivity index (χ0v) is 11.0. The molecule has 0 aliphatic carbocycles. The van der Waals surface area contributed by atoms with Crippen LogP contribution in [0.25, 0.3) is 5.65 Å². The minimum Gasteiger partial charge on any atom is -0.380 e. The number of amides is 1. The number of rotatable bonds is 2. The van der Waals surface area contributed by atoms with Gasteiger partial charge in [0.25, 0.3) is 5.91 Å². The van der Waals surface area contributed by atoms with Gasteiger partial charge in [-0.15, -0.1) is 0 Å². The molecule has 0 saturated carbocycles. The van der Waals surface area contributed by atoms with Crippen LogP contribution in [0.15, 0.2) is 18.5 Å². The largest absolute Gasteiger partial charge is 0.380 e. The van der Waals surface area contributed by atoms with Crippen LogP contribution in [0.2, 0.25) is 0 Å². The molecule has 0 aromatic carbocycles. The fraction of sp³-hybridized carbons (Fsp3) is 0.462. The molecule has 0 unspecified atom stereocenters. The van der Waals surface area contributed by atoms with Crippen molar-refractivity contribution < 1.29 is 9.53 Å². The minimum atomic E-state index is -0.505. The summed E-state index contributed by atoms with van der Waals surface area (Å²) in [6, 6.07) is 1.92. The average Bonchev–Trinajstić information content (AvgIpc) is 3.01. The summed E-state index contributed by atoms with van der Waals surface area (Å²) in [5, 5.41) is 4.08. The maximum absolute atomic E-state index is 11.4. The molecule has 1 amide bonds. The van der Waals surface area contributed by atoms with Crippen LogP contribution in [-0.2, 0) is 4.74 Å². The second-order valence-electron chi connectivity index (χ2n) is 5.64. The zero-order valence-electron chi connectivity index (χ0n) is 11.0. The van der Waals surface area contributed by atoms with E-state index in [4.69, 9.17) is 10.5 Å². The van der Waals surface area contributed by atoms with Crippen LogP contribution in [-0.4, -0.2) is 46.8 Å². The molecule has 20 heavy (non-hydrogen) atoms. The van der Waals surface area contributed by atoms with Gasteiger partial charge in [0.2, 0.25) is 0 Å². The third-order valence-electron chi connectivity index (χ3n) is 4.20. The molecular weight excluding hydrogens is 258 g/mol. The van der Waals surface area contributed by atoms with Crippen molar-refractivity contribution in [2.24, 2.45) is 11.1 Å². The number of ether oxygens (including phenoxy) is 1. The Morgan fingerprint density at radius 1 is 1.45 bits per heavy atom. The first-order valence-electron chi connectivity index (χ1n) is 6.64. The number of fused-ring (bicyclic) bond motifs is 1. The lowest BCUT2D eigenvalue weighted by molar-refractivity contribution is -0.0985. The topological polar surface area (TPSA) is 85.8 Å². The first-order valence-corrected chi connectivity index (χ1v) is 6.64. The van der Waals surface area contributed by atoms with E-state index in [0.29, 0.717) is 16.6 Å². The minimum absolute atomic E-state index is 0.306. The first-order chi connectivity index (χ1) is 9.67. The van der Waals surface area contributed by atoms with Crippen LogP contribution in [0.4, 0.5) is 5.82 Å². The van der Waals surface area contributed by atoms with E-state index in [-0.39, 0.29) is 0 Å². The summed E-state index contributed by atoms with van der Waals surface area (Å²) < 4.78 is 6.90. The summed E-state index contributed by atoms with van der Waals surface area (Å²) >= 11 is 0. The number of nitrogens with two attached hydrogens (primary N) is 1. The van der Waals surface area contributed by atoms with Gasteiger partial charge in [-0.25, -0.2) is 9.50 Å². The zero-order chi connectivity index (χ0) is 13.7. The maximum atomic E-state index is 11.4. The van der Waals surface area contributed by atoms with Crippen molar-refractivity contribution >= 4 is 17.4 Å². The summed E-state index contributed by atoms with van der Waals surface area (Å²) in [6.07, 6.45) is 4.40. The van der Waals surface area contributed by atoms with Crippen molar-refractivity contribution in [3.8, 4) is 0 Å². The summed E-state index contributed by atoms with van der Waals surface area (Å²) in [4.78, 5) is 18.1. The molecule has 0 bridgehead atoms. The van der Waals surface area contributed by atoms with Gasteiger partial charge in [-0.3, -0.25) is 4.79 Å². The van der Waals surface area contributed by atoms with Crippen molar-refractivity contribution in [1.82, 2.24) is 14.6 Å². The molecular formula is C13H15N5O2. The van der Waals surface area contributed by atoms with Crippen LogP contribution in [0.5, 0.6) is 0 Å². The normalized spacial score (nSPS) is 20.5. The molecule has 104 valence electrons. The quantitative estimate of drug-likeness (QED) is 0.836. The number of carbonyl (C=O) groups excluding carboxylic acids is 1. The van der Waals surface area contributed by atoms with Crippen LogP contribution >= 0.6 is 0 Å². The summed E-state index contributed by atoms with van der Waals surface area (Å²) in [6.45, 7) is 3.60. The highest BCUT2D eigenvalue weighted by Gasteiger charge is 2.44. The third kappa shape index (κ3) is 1.59. The number of anilines is 1. The predicted molar refractivity (Wildman–Crippen MR) is 71.6 cm³/mol. The Labute approximate surface area is 115 Å². The van der Waals surface area contributed by atoms with Gasteiger partial charge < -0.3 is 15.4 Å². The Balaban J connectivity index is 1.70. The lowest BCUT2D eigenvalue weighted by Crippen LogP contribution is -2.44. The molecule has 7 heteroatoms. The molecule has 2 fully saturated rings. The smallest absolute Gasteiger partial charge is 0.254 e.